The van der Waals surface area contributed by atoms with Gasteiger partial charge in [0, 0.05) is 11.6 Å². The van der Waals surface area contributed by atoms with Gasteiger partial charge in [-0.2, -0.15) is 9.72 Å². The zero-order valence-electron chi connectivity index (χ0n) is 9.33. The number of pyridine rings is 1. The van der Waals surface area contributed by atoms with Gasteiger partial charge in [-0.05, 0) is 18.4 Å². The van der Waals surface area contributed by atoms with Crippen molar-refractivity contribution in [3.63, 3.8) is 0 Å². The second-order valence-corrected chi connectivity index (χ2v) is 3.38. The summed E-state index contributed by atoms with van der Waals surface area (Å²) in [5, 5.41) is 11.2. The third-order valence-corrected chi connectivity index (χ3v) is 2.28. The van der Waals surface area contributed by atoms with E-state index in [1.807, 2.05) is 18.2 Å². The number of nitrogens with zero attached hydrogens (tertiary/aromatic N) is 2. The molecule has 1 aromatic heterocycles. The summed E-state index contributed by atoms with van der Waals surface area (Å²) in [6.45, 7) is 1.95. The molecule has 0 fully saturated rings. The normalized spacial score (nSPS) is 11.7. The van der Waals surface area contributed by atoms with Crippen molar-refractivity contribution in [3.05, 3.63) is 42.0 Å². The van der Waals surface area contributed by atoms with Gasteiger partial charge in [-0.3, -0.25) is 0 Å². The van der Waals surface area contributed by atoms with Crippen molar-refractivity contribution < 1.29 is 14.7 Å². The van der Waals surface area contributed by atoms with Crippen LogP contribution in [0, 0.1) is 0 Å². The van der Waals surface area contributed by atoms with Gasteiger partial charge in [0.05, 0.1) is 6.61 Å². The maximum atomic E-state index is 11.3. The van der Waals surface area contributed by atoms with Gasteiger partial charge in [0.1, 0.15) is 0 Å². The van der Waals surface area contributed by atoms with Gasteiger partial charge in [-0.1, -0.05) is 24.3 Å². The molecule has 0 atom stereocenters. The lowest BCUT2D eigenvalue weighted by molar-refractivity contribution is 0.154. The molecule has 0 radical (unpaired) electrons. The number of hydrogen-bond acceptors (Lipinski definition) is 3. The van der Waals surface area contributed by atoms with Crippen molar-refractivity contribution in [2.45, 2.75) is 6.92 Å². The van der Waals surface area contributed by atoms with E-state index < -0.39 is 6.09 Å². The van der Waals surface area contributed by atoms with E-state index in [1.54, 1.807) is 19.1 Å². The van der Waals surface area contributed by atoms with E-state index in [2.05, 4.69) is 4.99 Å². The van der Waals surface area contributed by atoms with Crippen molar-refractivity contribution in [2.24, 2.45) is 4.99 Å². The molecule has 0 aliphatic rings. The maximum Gasteiger partial charge on any atom is 0.435 e. The predicted molar refractivity (Wildman–Crippen MR) is 61.7 cm³/mol. The van der Waals surface area contributed by atoms with E-state index in [9.17, 15) is 10.0 Å². The topological polar surface area (TPSA) is 63.8 Å². The molecule has 88 valence electrons. The summed E-state index contributed by atoms with van der Waals surface area (Å²) in [7, 11) is 0. The van der Waals surface area contributed by atoms with Gasteiger partial charge >= 0.3 is 6.09 Å². The van der Waals surface area contributed by atoms with Gasteiger partial charge in [0.2, 0.25) is 0 Å². The number of amides is 1. The summed E-state index contributed by atoms with van der Waals surface area (Å²) in [5.41, 5.74) is 0.168. The molecule has 1 amide bonds. The fourth-order valence-corrected chi connectivity index (χ4v) is 1.54. The minimum atomic E-state index is -0.716. The molecular formula is C12H12N2O3. The molecule has 1 N–H and O–H groups in total. The fourth-order valence-electron chi connectivity index (χ4n) is 1.54. The van der Waals surface area contributed by atoms with Gasteiger partial charge in [-0.25, -0.2) is 4.79 Å². The number of carbonyl (C=O) groups excluding carboxylic acids is 1. The maximum absolute atomic E-state index is 11.3. The molecule has 0 unspecified atom stereocenters. The van der Waals surface area contributed by atoms with E-state index >= 15 is 0 Å². The van der Waals surface area contributed by atoms with Crippen LogP contribution in [0.5, 0.6) is 0 Å². The Morgan fingerprint density at radius 3 is 2.94 bits per heavy atom. The smallest absolute Gasteiger partial charge is 0.435 e. The second kappa shape index (κ2) is 4.69. The van der Waals surface area contributed by atoms with Crippen LogP contribution in [-0.2, 0) is 4.74 Å². The second-order valence-electron chi connectivity index (χ2n) is 3.38. The van der Waals surface area contributed by atoms with Crippen LogP contribution in [0.3, 0.4) is 0 Å². The van der Waals surface area contributed by atoms with Crippen LogP contribution in [0.1, 0.15) is 6.92 Å². The minimum absolute atomic E-state index is 0.168. The molecule has 0 saturated heterocycles. The van der Waals surface area contributed by atoms with Crippen LogP contribution in [0.25, 0.3) is 10.8 Å². The van der Waals surface area contributed by atoms with Crippen molar-refractivity contribution >= 4 is 16.9 Å². The summed E-state index contributed by atoms with van der Waals surface area (Å²) >= 11 is 0. The highest BCUT2D eigenvalue weighted by Gasteiger charge is 2.03. The summed E-state index contributed by atoms with van der Waals surface area (Å²) in [6.07, 6.45) is 0.715. The molecule has 1 aromatic carbocycles. The van der Waals surface area contributed by atoms with Gasteiger partial charge < -0.3 is 9.94 Å². The number of carbonyl (C=O) groups is 1. The molecule has 0 spiro atoms. The van der Waals surface area contributed by atoms with E-state index in [4.69, 9.17) is 4.74 Å². The minimum Gasteiger partial charge on any atom is -0.448 e. The van der Waals surface area contributed by atoms with Crippen molar-refractivity contribution in [1.82, 2.24) is 4.73 Å². The first-order chi connectivity index (χ1) is 8.22. The third-order valence-electron chi connectivity index (χ3n) is 2.28. The number of aromatic nitrogens is 1. The fraction of sp³-hybridized carbons (Fsp3) is 0.167. The number of rotatable bonds is 1. The van der Waals surface area contributed by atoms with Crippen molar-refractivity contribution in [1.29, 1.82) is 0 Å². The molecular weight excluding hydrogens is 220 g/mol. The molecule has 2 rings (SSSR count). The SMILES string of the molecule is CCOC(=O)N=c1c2ccccc2ccn1O. The lowest BCUT2D eigenvalue weighted by atomic mass is 10.2. The van der Waals surface area contributed by atoms with Crippen molar-refractivity contribution in [2.75, 3.05) is 6.61 Å². The van der Waals surface area contributed by atoms with E-state index in [0.717, 1.165) is 10.1 Å². The van der Waals surface area contributed by atoms with Crippen LogP contribution >= 0.6 is 0 Å². The molecule has 0 aliphatic heterocycles. The quantitative estimate of drug-likeness (QED) is 0.764. The lowest BCUT2D eigenvalue weighted by Gasteiger charge is -2.02. The molecule has 5 heteroatoms. The predicted octanol–water partition coefficient (Wildman–Crippen LogP) is 1.94. The summed E-state index contributed by atoms with van der Waals surface area (Å²) < 4.78 is 5.52. The lowest BCUT2D eigenvalue weighted by Crippen LogP contribution is -2.21. The van der Waals surface area contributed by atoms with Crippen LogP contribution in [0.15, 0.2) is 41.5 Å². The summed E-state index contributed by atoms with van der Waals surface area (Å²) in [6, 6.07) is 9.07. The van der Waals surface area contributed by atoms with Crippen LogP contribution in [-0.4, -0.2) is 22.6 Å². The monoisotopic (exact) mass is 232 g/mol. The van der Waals surface area contributed by atoms with Gasteiger partial charge in [-0.15, -0.1) is 0 Å². The zero-order valence-corrected chi connectivity index (χ0v) is 9.33. The van der Waals surface area contributed by atoms with E-state index in [-0.39, 0.29) is 12.1 Å². The molecule has 0 bridgehead atoms. The number of ether oxygens (including phenoxy) is 1. The molecule has 2 aromatic rings. The first kappa shape index (κ1) is 11.2. The molecule has 17 heavy (non-hydrogen) atoms. The number of benzene rings is 1. The van der Waals surface area contributed by atoms with E-state index in [0.29, 0.717) is 5.39 Å². The molecule has 0 aliphatic carbocycles. The Balaban J connectivity index is 2.66. The van der Waals surface area contributed by atoms with Gasteiger partial charge in [0.25, 0.3) is 0 Å². The summed E-state index contributed by atoms with van der Waals surface area (Å²) in [4.78, 5) is 15.0. The zero-order chi connectivity index (χ0) is 12.3. The Hall–Kier alpha value is -2.30. The van der Waals surface area contributed by atoms with E-state index in [1.165, 1.54) is 6.20 Å². The highest BCUT2D eigenvalue weighted by atomic mass is 16.5. The average Bonchev–Trinajstić information content (AvgIpc) is 2.33. The van der Waals surface area contributed by atoms with Crippen LogP contribution < -0.4 is 5.49 Å². The largest absolute Gasteiger partial charge is 0.448 e. The Morgan fingerprint density at radius 2 is 2.18 bits per heavy atom. The molecule has 1 heterocycles. The average molecular weight is 232 g/mol. The Bertz CT molecular complexity index is 616. The highest BCUT2D eigenvalue weighted by Crippen LogP contribution is 2.07. The van der Waals surface area contributed by atoms with Gasteiger partial charge in [0.15, 0.2) is 5.49 Å². The first-order valence-electron chi connectivity index (χ1n) is 5.23. The Morgan fingerprint density at radius 1 is 1.41 bits per heavy atom. The Labute approximate surface area is 97.6 Å². The van der Waals surface area contributed by atoms with Crippen LogP contribution in [0.2, 0.25) is 0 Å². The standard InChI is InChI=1S/C12H12N2O3/c1-2-17-12(15)13-11-10-6-4-3-5-9(10)7-8-14(11)16/h3-8,16H,2H2,1H3. The first-order valence-corrected chi connectivity index (χ1v) is 5.23. The summed E-state index contributed by atoms with van der Waals surface area (Å²) in [5.74, 6) is 0. The third kappa shape index (κ3) is 2.28. The Kier molecular flexibility index (Phi) is 3.09. The molecule has 5 nitrogen and oxygen atoms in total. The number of fused-ring (bicyclic) bond motifs is 1. The highest BCUT2D eigenvalue weighted by molar-refractivity contribution is 5.82. The van der Waals surface area contributed by atoms with Crippen molar-refractivity contribution in [3.8, 4) is 0 Å². The molecule has 0 saturated carbocycles. The van der Waals surface area contributed by atoms with Crippen LogP contribution in [0.4, 0.5) is 4.79 Å². The number of hydrogen-bond donors (Lipinski definition) is 1.